The summed E-state index contributed by atoms with van der Waals surface area (Å²) in [5.41, 5.74) is 5.25. The van der Waals surface area contributed by atoms with Crippen molar-refractivity contribution in [3.05, 3.63) is 84.9 Å². The van der Waals surface area contributed by atoms with E-state index in [4.69, 9.17) is 4.42 Å². The van der Waals surface area contributed by atoms with E-state index < -0.39 is 0 Å². The quantitative estimate of drug-likeness (QED) is 0.528. The fraction of sp³-hybridized carbons (Fsp3) is 0. The highest BCUT2D eigenvalue weighted by atomic mass is 16.3. The maximum atomic E-state index is 5.70. The molecule has 110 valence electrons. The van der Waals surface area contributed by atoms with Crippen molar-refractivity contribution in [2.75, 3.05) is 4.90 Å². The van der Waals surface area contributed by atoms with Crippen molar-refractivity contribution in [2.24, 2.45) is 0 Å². The number of rotatable bonds is 3. The molecule has 4 rings (SSSR count). The topological polar surface area (TPSA) is 16.4 Å². The molecule has 0 unspecified atom stereocenters. The van der Waals surface area contributed by atoms with Gasteiger partial charge in [0.1, 0.15) is 5.58 Å². The van der Waals surface area contributed by atoms with Crippen LogP contribution in [0.2, 0.25) is 0 Å². The van der Waals surface area contributed by atoms with Gasteiger partial charge in [-0.15, -0.1) is 0 Å². The molecule has 0 aliphatic rings. The summed E-state index contributed by atoms with van der Waals surface area (Å²) in [6.07, 6.45) is 0. The molecular weight excluding hydrogens is 281 g/mol. The van der Waals surface area contributed by atoms with Crippen LogP contribution in [0, 0.1) is 0 Å². The number of nitrogens with zero attached hydrogens (tertiary/aromatic N) is 1. The zero-order valence-electron chi connectivity index (χ0n) is 12.9. The molecule has 0 spiro atoms. The molecule has 0 fully saturated rings. The van der Waals surface area contributed by atoms with E-state index in [1.165, 1.54) is 0 Å². The van der Waals surface area contributed by atoms with Crippen LogP contribution in [0.15, 0.2) is 89.3 Å². The maximum absolute atomic E-state index is 5.70. The lowest BCUT2D eigenvalue weighted by molar-refractivity contribution is 0.653. The van der Waals surface area contributed by atoms with Gasteiger partial charge in [0.25, 0.3) is 0 Å². The lowest BCUT2D eigenvalue weighted by atomic mass is 10.1. The van der Waals surface area contributed by atoms with Gasteiger partial charge < -0.3 is 9.32 Å². The third-order valence-electron chi connectivity index (χ3n) is 3.91. The molecule has 0 aliphatic heterocycles. The average molecular weight is 297 g/mol. The molecule has 0 amide bonds. The zero-order valence-corrected chi connectivity index (χ0v) is 12.9. The van der Waals surface area contributed by atoms with Crippen molar-refractivity contribution < 1.29 is 4.42 Å². The SMILES string of the molecule is Bc1cc2cc(N(c3ccccc3)c3ccccc3)ccc2o1. The highest BCUT2D eigenvalue weighted by Gasteiger charge is 2.13. The van der Waals surface area contributed by atoms with Crippen LogP contribution in [-0.4, -0.2) is 7.85 Å². The van der Waals surface area contributed by atoms with Crippen LogP contribution in [0.3, 0.4) is 0 Å². The van der Waals surface area contributed by atoms with E-state index >= 15 is 0 Å². The largest absolute Gasteiger partial charge is 0.472 e. The van der Waals surface area contributed by atoms with Crippen molar-refractivity contribution in [3.8, 4) is 0 Å². The minimum atomic E-state index is 0.923. The molecule has 3 aromatic carbocycles. The molecule has 0 saturated carbocycles. The predicted molar refractivity (Wildman–Crippen MR) is 99.1 cm³/mol. The van der Waals surface area contributed by atoms with Crippen LogP contribution < -0.4 is 10.6 Å². The third kappa shape index (κ3) is 2.62. The predicted octanol–water partition coefficient (Wildman–Crippen LogP) is 4.16. The van der Waals surface area contributed by atoms with E-state index in [1.807, 2.05) is 26.0 Å². The second-order valence-electron chi connectivity index (χ2n) is 5.59. The monoisotopic (exact) mass is 297 g/mol. The average Bonchev–Trinajstić information content (AvgIpc) is 2.96. The van der Waals surface area contributed by atoms with Gasteiger partial charge in [0.15, 0.2) is 7.85 Å². The summed E-state index contributed by atoms with van der Waals surface area (Å²) in [4.78, 5) is 2.25. The standard InChI is InChI=1S/C20H16BNO/c21-20-14-15-13-18(11-12-19(15)23-20)22(16-7-3-1-4-8-16)17-9-5-2-6-10-17/h1-14H,21H2. The highest BCUT2D eigenvalue weighted by molar-refractivity contribution is 6.31. The van der Waals surface area contributed by atoms with Crippen molar-refractivity contribution >= 4 is 41.5 Å². The van der Waals surface area contributed by atoms with Gasteiger partial charge in [0.2, 0.25) is 0 Å². The first-order valence-electron chi connectivity index (χ1n) is 7.72. The normalized spacial score (nSPS) is 10.8. The van der Waals surface area contributed by atoms with E-state index in [9.17, 15) is 0 Å². The Morgan fingerprint density at radius 3 is 1.87 bits per heavy atom. The highest BCUT2D eigenvalue weighted by Crippen LogP contribution is 2.35. The van der Waals surface area contributed by atoms with Gasteiger partial charge in [-0.1, -0.05) is 36.4 Å². The minimum Gasteiger partial charge on any atom is -0.472 e. The second-order valence-corrected chi connectivity index (χ2v) is 5.59. The molecule has 2 nitrogen and oxygen atoms in total. The maximum Gasteiger partial charge on any atom is 0.186 e. The summed E-state index contributed by atoms with van der Waals surface area (Å²) in [6, 6.07) is 29.2. The molecule has 3 heteroatoms. The lowest BCUT2D eigenvalue weighted by Crippen LogP contribution is -2.09. The number of anilines is 3. The summed E-state index contributed by atoms with van der Waals surface area (Å²) in [5, 5.41) is 1.12. The Labute approximate surface area is 136 Å². The fourth-order valence-electron chi connectivity index (χ4n) is 2.90. The molecule has 0 atom stereocenters. The number of furan rings is 1. The first-order chi connectivity index (χ1) is 11.3. The van der Waals surface area contributed by atoms with E-state index in [2.05, 4.69) is 71.6 Å². The number of fused-ring (bicyclic) bond motifs is 1. The number of para-hydroxylation sites is 2. The van der Waals surface area contributed by atoms with Crippen LogP contribution in [0.25, 0.3) is 11.0 Å². The van der Waals surface area contributed by atoms with E-state index in [-0.39, 0.29) is 0 Å². The first kappa shape index (κ1) is 13.7. The van der Waals surface area contributed by atoms with Gasteiger partial charge in [-0.2, -0.15) is 0 Å². The van der Waals surface area contributed by atoms with Crippen LogP contribution in [0.1, 0.15) is 0 Å². The van der Waals surface area contributed by atoms with Crippen molar-refractivity contribution in [3.63, 3.8) is 0 Å². The minimum absolute atomic E-state index is 0.923. The summed E-state index contributed by atoms with van der Waals surface area (Å²) >= 11 is 0. The third-order valence-corrected chi connectivity index (χ3v) is 3.91. The van der Waals surface area contributed by atoms with Gasteiger partial charge in [-0.25, -0.2) is 0 Å². The Bertz CT molecular complexity index is 892. The molecule has 0 bridgehead atoms. The number of benzene rings is 3. The first-order valence-corrected chi connectivity index (χ1v) is 7.72. The smallest absolute Gasteiger partial charge is 0.186 e. The van der Waals surface area contributed by atoms with Crippen LogP contribution >= 0.6 is 0 Å². The zero-order chi connectivity index (χ0) is 15.6. The fourth-order valence-corrected chi connectivity index (χ4v) is 2.90. The van der Waals surface area contributed by atoms with Gasteiger partial charge in [0, 0.05) is 22.4 Å². The van der Waals surface area contributed by atoms with E-state index in [0.29, 0.717) is 0 Å². The lowest BCUT2D eigenvalue weighted by Gasteiger charge is -2.25. The number of hydrogen-bond acceptors (Lipinski definition) is 2. The van der Waals surface area contributed by atoms with Crippen LogP contribution in [0.4, 0.5) is 17.1 Å². The Hall–Kier alpha value is -2.94. The Morgan fingerprint density at radius 1 is 0.652 bits per heavy atom. The van der Waals surface area contributed by atoms with E-state index in [0.717, 1.165) is 33.7 Å². The summed E-state index contributed by atoms with van der Waals surface area (Å²) in [5.74, 6) is 0. The molecule has 4 aromatic rings. The summed E-state index contributed by atoms with van der Waals surface area (Å²) < 4.78 is 5.70. The molecule has 23 heavy (non-hydrogen) atoms. The van der Waals surface area contributed by atoms with Crippen LogP contribution in [0.5, 0.6) is 0 Å². The van der Waals surface area contributed by atoms with Crippen LogP contribution in [-0.2, 0) is 0 Å². The van der Waals surface area contributed by atoms with Gasteiger partial charge in [-0.05, 0) is 48.5 Å². The van der Waals surface area contributed by atoms with E-state index in [1.54, 1.807) is 0 Å². The Morgan fingerprint density at radius 2 is 1.26 bits per heavy atom. The summed E-state index contributed by atoms with van der Waals surface area (Å²) in [7, 11) is 1.98. The molecule has 0 aliphatic carbocycles. The summed E-state index contributed by atoms with van der Waals surface area (Å²) in [6.45, 7) is 0. The molecular formula is C20H16BNO. The second kappa shape index (κ2) is 5.69. The molecule has 1 heterocycles. The molecule has 0 N–H and O–H groups in total. The van der Waals surface area contributed by atoms with Crippen molar-refractivity contribution in [1.29, 1.82) is 0 Å². The molecule has 0 saturated heterocycles. The van der Waals surface area contributed by atoms with Gasteiger partial charge >= 0.3 is 0 Å². The van der Waals surface area contributed by atoms with Gasteiger partial charge in [0.05, 0.1) is 5.66 Å². The Balaban J connectivity index is 1.89. The number of hydrogen-bond donors (Lipinski definition) is 0. The molecule has 0 radical (unpaired) electrons. The Kier molecular flexibility index (Phi) is 3.39. The van der Waals surface area contributed by atoms with Gasteiger partial charge in [-0.3, -0.25) is 0 Å². The van der Waals surface area contributed by atoms with Crippen molar-refractivity contribution in [2.45, 2.75) is 0 Å². The van der Waals surface area contributed by atoms with Crippen molar-refractivity contribution in [1.82, 2.24) is 0 Å². The molecule has 1 aromatic heterocycles.